The molecular formula is C23H24FN5O2S. The molecule has 3 aromatic rings. The molecule has 0 unspecified atom stereocenters. The van der Waals surface area contributed by atoms with Crippen molar-refractivity contribution in [3.05, 3.63) is 72.3 Å². The van der Waals surface area contributed by atoms with Crippen molar-refractivity contribution in [3.63, 3.8) is 0 Å². The van der Waals surface area contributed by atoms with E-state index in [1.165, 1.54) is 23.9 Å². The zero-order chi connectivity index (χ0) is 22.5. The van der Waals surface area contributed by atoms with Gasteiger partial charge >= 0.3 is 6.03 Å². The third kappa shape index (κ3) is 4.94. The number of carbonyl (C=O) groups is 2. The monoisotopic (exact) mass is 453 g/mol. The van der Waals surface area contributed by atoms with E-state index >= 15 is 0 Å². The fourth-order valence-electron chi connectivity index (χ4n) is 3.73. The number of piperidine rings is 1. The molecule has 0 atom stereocenters. The van der Waals surface area contributed by atoms with Gasteiger partial charge in [-0.15, -0.1) is 0 Å². The number of anilines is 1. The summed E-state index contributed by atoms with van der Waals surface area (Å²) >= 11 is 1.42. The standard InChI is InChI=1S/C23H24FN5O2S/c1-32-23-25-15-20(29(23)19-9-7-16(24)8-10-19)21(30)28-13-11-18(12-14-28)27-22(31)26-17-5-3-2-4-6-17/h2-10,15,18H,11-14H2,1H3,(H2,26,27,31). The Hall–Kier alpha value is -3.33. The van der Waals surface area contributed by atoms with Crippen LogP contribution in [0.5, 0.6) is 0 Å². The molecule has 0 bridgehead atoms. The number of urea groups is 1. The van der Waals surface area contributed by atoms with E-state index in [9.17, 15) is 14.0 Å². The van der Waals surface area contributed by atoms with Crippen LogP contribution in [-0.2, 0) is 0 Å². The number of carbonyl (C=O) groups excluding carboxylic acids is 2. The molecule has 9 heteroatoms. The summed E-state index contributed by atoms with van der Waals surface area (Å²) in [5, 5.41) is 6.46. The lowest BCUT2D eigenvalue weighted by atomic mass is 10.0. The van der Waals surface area contributed by atoms with Gasteiger partial charge in [-0.05, 0) is 55.5 Å². The Bertz CT molecular complexity index is 1080. The summed E-state index contributed by atoms with van der Waals surface area (Å²) in [6, 6.07) is 15.0. The number of hydrogen-bond donors (Lipinski definition) is 2. The molecule has 1 aromatic heterocycles. The maximum atomic E-state index is 13.4. The van der Waals surface area contributed by atoms with Crippen LogP contribution in [0.4, 0.5) is 14.9 Å². The van der Waals surface area contributed by atoms with Crippen molar-refractivity contribution in [3.8, 4) is 5.69 Å². The Labute approximate surface area is 190 Å². The average molecular weight is 454 g/mol. The van der Waals surface area contributed by atoms with E-state index < -0.39 is 0 Å². The molecule has 0 spiro atoms. The molecule has 2 heterocycles. The fourth-order valence-corrected chi connectivity index (χ4v) is 4.28. The van der Waals surface area contributed by atoms with E-state index in [0.717, 1.165) is 5.69 Å². The van der Waals surface area contributed by atoms with Gasteiger partial charge in [0.2, 0.25) is 0 Å². The highest BCUT2D eigenvalue weighted by Gasteiger charge is 2.27. The topological polar surface area (TPSA) is 79.3 Å². The van der Waals surface area contributed by atoms with Crippen molar-refractivity contribution in [1.82, 2.24) is 19.8 Å². The number of imidazole rings is 1. The molecule has 1 aliphatic heterocycles. The average Bonchev–Trinajstić information content (AvgIpc) is 3.24. The quantitative estimate of drug-likeness (QED) is 0.569. The number of para-hydroxylation sites is 1. The minimum absolute atomic E-state index is 0.00784. The third-order valence-corrected chi connectivity index (χ3v) is 6.02. The van der Waals surface area contributed by atoms with Crippen molar-refractivity contribution in [2.45, 2.75) is 24.0 Å². The molecule has 3 amide bonds. The van der Waals surface area contributed by atoms with Crippen LogP contribution in [-0.4, -0.2) is 51.8 Å². The Morgan fingerprint density at radius 3 is 2.41 bits per heavy atom. The lowest BCUT2D eigenvalue weighted by Crippen LogP contribution is -2.47. The zero-order valence-electron chi connectivity index (χ0n) is 17.6. The summed E-state index contributed by atoms with van der Waals surface area (Å²) in [7, 11) is 0. The normalized spacial score (nSPS) is 14.2. The van der Waals surface area contributed by atoms with Crippen molar-refractivity contribution >= 4 is 29.4 Å². The number of amides is 3. The van der Waals surface area contributed by atoms with Gasteiger partial charge in [-0.1, -0.05) is 30.0 Å². The summed E-state index contributed by atoms with van der Waals surface area (Å²) in [6.07, 6.45) is 4.77. The largest absolute Gasteiger partial charge is 0.337 e. The van der Waals surface area contributed by atoms with Crippen LogP contribution in [0.25, 0.3) is 5.69 Å². The molecule has 1 fully saturated rings. The van der Waals surface area contributed by atoms with Crippen LogP contribution in [0.2, 0.25) is 0 Å². The SMILES string of the molecule is CSc1ncc(C(=O)N2CCC(NC(=O)Nc3ccccc3)CC2)n1-c1ccc(F)cc1. The Morgan fingerprint density at radius 1 is 1.06 bits per heavy atom. The molecule has 1 saturated heterocycles. The molecule has 4 rings (SSSR count). The van der Waals surface area contributed by atoms with Crippen LogP contribution in [0.15, 0.2) is 66.0 Å². The molecule has 0 aliphatic carbocycles. The van der Waals surface area contributed by atoms with Gasteiger partial charge in [-0.3, -0.25) is 9.36 Å². The third-order valence-electron chi connectivity index (χ3n) is 5.37. The smallest absolute Gasteiger partial charge is 0.319 e. The summed E-state index contributed by atoms with van der Waals surface area (Å²) in [6.45, 7) is 1.05. The fraction of sp³-hybridized carbons (Fsp3) is 0.261. The van der Waals surface area contributed by atoms with Crippen LogP contribution in [0.3, 0.4) is 0 Å². The number of rotatable bonds is 5. The highest BCUT2D eigenvalue weighted by molar-refractivity contribution is 7.98. The Kier molecular flexibility index (Phi) is 6.75. The minimum Gasteiger partial charge on any atom is -0.337 e. The van der Waals surface area contributed by atoms with E-state index in [4.69, 9.17) is 0 Å². The van der Waals surface area contributed by atoms with Crippen LogP contribution in [0, 0.1) is 5.82 Å². The first-order chi connectivity index (χ1) is 15.5. The number of benzene rings is 2. The van der Waals surface area contributed by atoms with Gasteiger partial charge in [0, 0.05) is 30.5 Å². The van der Waals surface area contributed by atoms with Gasteiger partial charge in [0.15, 0.2) is 5.16 Å². The van der Waals surface area contributed by atoms with Gasteiger partial charge in [-0.25, -0.2) is 14.2 Å². The second-order valence-corrected chi connectivity index (χ2v) is 8.25. The number of nitrogens with zero attached hydrogens (tertiary/aromatic N) is 3. The zero-order valence-corrected chi connectivity index (χ0v) is 18.4. The summed E-state index contributed by atoms with van der Waals surface area (Å²) < 4.78 is 15.1. The molecule has 1 aliphatic rings. The first-order valence-corrected chi connectivity index (χ1v) is 11.6. The van der Waals surface area contributed by atoms with E-state index in [1.807, 2.05) is 36.6 Å². The summed E-state index contributed by atoms with van der Waals surface area (Å²) in [5.74, 6) is -0.465. The highest BCUT2D eigenvalue weighted by Crippen LogP contribution is 2.24. The molecule has 166 valence electrons. The number of likely N-dealkylation sites (tertiary alicyclic amines) is 1. The molecule has 0 saturated carbocycles. The second-order valence-electron chi connectivity index (χ2n) is 7.47. The van der Waals surface area contributed by atoms with Gasteiger partial charge in [-0.2, -0.15) is 0 Å². The van der Waals surface area contributed by atoms with Crippen molar-refractivity contribution in [2.24, 2.45) is 0 Å². The van der Waals surface area contributed by atoms with Crippen molar-refractivity contribution in [2.75, 3.05) is 24.7 Å². The van der Waals surface area contributed by atoms with Gasteiger partial charge in [0.1, 0.15) is 11.5 Å². The minimum atomic E-state index is -0.335. The molecule has 7 nitrogen and oxygen atoms in total. The molecule has 2 aromatic carbocycles. The van der Waals surface area contributed by atoms with Crippen LogP contribution in [0.1, 0.15) is 23.3 Å². The maximum Gasteiger partial charge on any atom is 0.319 e. The Balaban J connectivity index is 1.39. The van der Waals surface area contributed by atoms with E-state index in [1.54, 1.807) is 27.8 Å². The van der Waals surface area contributed by atoms with Gasteiger partial charge < -0.3 is 15.5 Å². The maximum absolute atomic E-state index is 13.4. The molecular weight excluding hydrogens is 429 g/mol. The highest BCUT2D eigenvalue weighted by atomic mass is 32.2. The molecule has 32 heavy (non-hydrogen) atoms. The number of halogens is 1. The number of thioether (sulfide) groups is 1. The van der Waals surface area contributed by atoms with Crippen LogP contribution < -0.4 is 10.6 Å². The lowest BCUT2D eigenvalue weighted by molar-refractivity contribution is 0.0700. The predicted molar refractivity (Wildman–Crippen MR) is 123 cm³/mol. The van der Waals surface area contributed by atoms with E-state index in [2.05, 4.69) is 15.6 Å². The number of aromatic nitrogens is 2. The van der Waals surface area contributed by atoms with Gasteiger partial charge in [0.05, 0.1) is 6.20 Å². The first kappa shape index (κ1) is 21.9. The number of hydrogen-bond acceptors (Lipinski definition) is 4. The number of nitrogens with one attached hydrogen (secondary N) is 2. The lowest BCUT2D eigenvalue weighted by Gasteiger charge is -2.32. The summed E-state index contributed by atoms with van der Waals surface area (Å²) in [4.78, 5) is 31.6. The second kappa shape index (κ2) is 9.86. The van der Waals surface area contributed by atoms with Crippen molar-refractivity contribution in [1.29, 1.82) is 0 Å². The Morgan fingerprint density at radius 2 is 1.75 bits per heavy atom. The predicted octanol–water partition coefficient (Wildman–Crippen LogP) is 4.16. The van der Waals surface area contributed by atoms with Gasteiger partial charge in [0.25, 0.3) is 5.91 Å². The van der Waals surface area contributed by atoms with Crippen molar-refractivity contribution < 1.29 is 14.0 Å². The first-order valence-electron chi connectivity index (χ1n) is 10.3. The summed E-state index contributed by atoms with van der Waals surface area (Å²) in [5.41, 5.74) is 1.86. The molecule has 0 radical (unpaired) electrons. The molecule has 2 N–H and O–H groups in total. The van der Waals surface area contributed by atoms with E-state index in [0.29, 0.717) is 42.5 Å². The van der Waals surface area contributed by atoms with E-state index in [-0.39, 0.29) is 23.8 Å². The van der Waals surface area contributed by atoms with Crippen LogP contribution >= 0.6 is 11.8 Å².